The van der Waals surface area contributed by atoms with Crippen LogP contribution in [0.2, 0.25) is 0 Å². The van der Waals surface area contributed by atoms with E-state index in [2.05, 4.69) is 0 Å². The van der Waals surface area contributed by atoms with E-state index in [1.807, 2.05) is 6.07 Å². The van der Waals surface area contributed by atoms with Gasteiger partial charge in [0.2, 0.25) is 0 Å². The van der Waals surface area contributed by atoms with E-state index in [0.717, 1.165) is 0 Å². The summed E-state index contributed by atoms with van der Waals surface area (Å²) in [5.41, 5.74) is 6.61. The smallest absolute Gasteiger partial charge is 0.343 e. The van der Waals surface area contributed by atoms with Gasteiger partial charge in [-0.05, 0) is 30.3 Å². The molecule has 0 aromatic heterocycles. The van der Waals surface area contributed by atoms with E-state index in [0.29, 0.717) is 22.6 Å². The molecule has 0 aliphatic rings. The standard InChI is InChI=1S/C14H11ClN2O2/c15-13(17)11-8-9(6-7-12(11)16)14(18)19-10-4-2-1-3-5-10/h1-8,17H,16H2. The Morgan fingerprint density at radius 3 is 2.47 bits per heavy atom. The topological polar surface area (TPSA) is 76.2 Å². The minimum Gasteiger partial charge on any atom is -0.423 e. The number of carbonyl (C=O) groups excluding carboxylic acids is 1. The van der Waals surface area contributed by atoms with Gasteiger partial charge in [-0.1, -0.05) is 29.8 Å². The molecular weight excluding hydrogens is 264 g/mol. The molecule has 19 heavy (non-hydrogen) atoms. The Labute approximate surface area is 115 Å². The molecule has 0 amide bonds. The van der Waals surface area contributed by atoms with Gasteiger partial charge in [-0.3, -0.25) is 5.41 Å². The second-order valence-corrected chi connectivity index (χ2v) is 4.20. The quantitative estimate of drug-likeness (QED) is 0.391. The number of rotatable bonds is 3. The van der Waals surface area contributed by atoms with Crippen molar-refractivity contribution in [1.82, 2.24) is 0 Å². The average molecular weight is 275 g/mol. The summed E-state index contributed by atoms with van der Waals surface area (Å²) in [5, 5.41) is 7.15. The minimum atomic E-state index is -0.523. The first-order chi connectivity index (χ1) is 9.08. The van der Waals surface area contributed by atoms with Crippen molar-refractivity contribution in [3.05, 3.63) is 59.7 Å². The van der Waals surface area contributed by atoms with Crippen LogP contribution in [0.1, 0.15) is 15.9 Å². The lowest BCUT2D eigenvalue weighted by Crippen LogP contribution is -2.10. The Bertz CT molecular complexity index is 627. The Morgan fingerprint density at radius 1 is 1.16 bits per heavy atom. The van der Waals surface area contributed by atoms with E-state index in [1.54, 1.807) is 24.3 Å². The number of carbonyl (C=O) groups is 1. The lowest BCUT2D eigenvalue weighted by Gasteiger charge is -2.07. The molecule has 4 nitrogen and oxygen atoms in total. The largest absolute Gasteiger partial charge is 0.423 e. The number of halogens is 1. The molecule has 0 atom stereocenters. The summed E-state index contributed by atoms with van der Waals surface area (Å²) in [6.45, 7) is 0. The van der Waals surface area contributed by atoms with E-state index in [1.165, 1.54) is 18.2 Å². The van der Waals surface area contributed by atoms with Crippen LogP contribution < -0.4 is 10.5 Å². The number of nitrogens with one attached hydrogen (secondary N) is 1. The zero-order valence-corrected chi connectivity index (χ0v) is 10.6. The molecule has 0 radical (unpaired) electrons. The Balaban J connectivity index is 2.25. The maximum absolute atomic E-state index is 11.9. The maximum Gasteiger partial charge on any atom is 0.343 e. The molecule has 0 aliphatic heterocycles. The molecule has 0 bridgehead atoms. The zero-order valence-electron chi connectivity index (χ0n) is 9.89. The fraction of sp³-hybridized carbons (Fsp3) is 0. The number of esters is 1. The lowest BCUT2D eigenvalue weighted by atomic mass is 10.1. The molecule has 0 saturated carbocycles. The van der Waals surface area contributed by atoms with E-state index in [-0.39, 0.29) is 5.17 Å². The number of benzene rings is 2. The summed E-state index contributed by atoms with van der Waals surface area (Å²) in [7, 11) is 0. The molecule has 5 heteroatoms. The molecule has 0 saturated heterocycles. The van der Waals surface area contributed by atoms with Crippen LogP contribution in [0.3, 0.4) is 0 Å². The molecular formula is C14H11ClN2O2. The average Bonchev–Trinajstić information content (AvgIpc) is 2.40. The minimum absolute atomic E-state index is 0.216. The van der Waals surface area contributed by atoms with Crippen molar-refractivity contribution in [2.24, 2.45) is 0 Å². The third kappa shape index (κ3) is 3.11. The van der Waals surface area contributed by atoms with Gasteiger partial charge < -0.3 is 10.5 Å². The highest BCUT2D eigenvalue weighted by atomic mass is 35.5. The Kier molecular flexibility index (Phi) is 3.82. The summed E-state index contributed by atoms with van der Waals surface area (Å²) < 4.78 is 5.18. The number of ether oxygens (including phenoxy) is 1. The second-order valence-electron chi connectivity index (χ2n) is 3.82. The fourth-order valence-corrected chi connectivity index (χ4v) is 1.69. The lowest BCUT2D eigenvalue weighted by molar-refractivity contribution is 0.0735. The van der Waals surface area contributed by atoms with Crippen molar-refractivity contribution in [3.8, 4) is 5.75 Å². The highest BCUT2D eigenvalue weighted by Crippen LogP contribution is 2.18. The van der Waals surface area contributed by atoms with Crippen molar-refractivity contribution in [3.63, 3.8) is 0 Å². The van der Waals surface area contributed by atoms with Crippen LogP contribution in [0.25, 0.3) is 0 Å². The Morgan fingerprint density at radius 2 is 1.84 bits per heavy atom. The summed E-state index contributed by atoms with van der Waals surface area (Å²) in [5.74, 6) is -0.0720. The Hall–Kier alpha value is -2.33. The molecule has 0 fully saturated rings. The van der Waals surface area contributed by atoms with Crippen molar-refractivity contribution in [2.45, 2.75) is 0 Å². The van der Waals surface area contributed by atoms with Crippen LogP contribution in [0.5, 0.6) is 5.75 Å². The monoisotopic (exact) mass is 274 g/mol. The van der Waals surface area contributed by atoms with E-state index < -0.39 is 5.97 Å². The predicted molar refractivity (Wildman–Crippen MR) is 74.9 cm³/mol. The number of nitrogens with two attached hydrogens (primary N) is 1. The number of hydrogen-bond donors (Lipinski definition) is 2. The first-order valence-electron chi connectivity index (χ1n) is 5.49. The third-order valence-electron chi connectivity index (χ3n) is 2.48. The van der Waals surface area contributed by atoms with Gasteiger partial charge >= 0.3 is 5.97 Å². The van der Waals surface area contributed by atoms with Crippen LogP contribution >= 0.6 is 11.6 Å². The van der Waals surface area contributed by atoms with Crippen LogP contribution in [0, 0.1) is 5.41 Å². The van der Waals surface area contributed by atoms with Gasteiger partial charge in [0.15, 0.2) is 0 Å². The first-order valence-corrected chi connectivity index (χ1v) is 5.87. The number of anilines is 1. The summed E-state index contributed by atoms with van der Waals surface area (Å²) in [6.07, 6.45) is 0. The van der Waals surface area contributed by atoms with Crippen molar-refractivity contribution >= 4 is 28.4 Å². The molecule has 0 heterocycles. The molecule has 2 aromatic carbocycles. The molecule has 0 unspecified atom stereocenters. The summed E-state index contributed by atoms with van der Waals surface area (Å²) in [6, 6.07) is 13.2. The summed E-state index contributed by atoms with van der Waals surface area (Å²) in [4.78, 5) is 11.9. The van der Waals surface area contributed by atoms with Crippen LogP contribution in [-0.4, -0.2) is 11.1 Å². The van der Waals surface area contributed by atoms with Crippen LogP contribution in [0.15, 0.2) is 48.5 Å². The first kappa shape index (κ1) is 13.1. The zero-order chi connectivity index (χ0) is 13.8. The van der Waals surface area contributed by atoms with Crippen LogP contribution in [-0.2, 0) is 0 Å². The number of hydrogen-bond acceptors (Lipinski definition) is 4. The highest BCUT2D eigenvalue weighted by molar-refractivity contribution is 6.69. The SMILES string of the molecule is N=C(Cl)c1cc(C(=O)Oc2ccccc2)ccc1N. The predicted octanol–water partition coefficient (Wildman–Crippen LogP) is 3.05. The third-order valence-corrected chi connectivity index (χ3v) is 2.68. The number of nitrogen functional groups attached to an aromatic ring is 1. The van der Waals surface area contributed by atoms with E-state index in [4.69, 9.17) is 27.5 Å². The number of para-hydroxylation sites is 1. The molecule has 2 rings (SSSR count). The van der Waals surface area contributed by atoms with Crippen molar-refractivity contribution < 1.29 is 9.53 Å². The fourth-order valence-electron chi connectivity index (χ4n) is 1.53. The van der Waals surface area contributed by atoms with Gasteiger partial charge in [-0.25, -0.2) is 4.79 Å². The van der Waals surface area contributed by atoms with E-state index in [9.17, 15) is 4.79 Å². The molecule has 2 aromatic rings. The van der Waals surface area contributed by atoms with Crippen molar-refractivity contribution in [1.29, 1.82) is 5.41 Å². The van der Waals surface area contributed by atoms with Gasteiger partial charge in [0, 0.05) is 11.3 Å². The van der Waals surface area contributed by atoms with Gasteiger partial charge in [0.1, 0.15) is 10.9 Å². The second kappa shape index (κ2) is 5.54. The van der Waals surface area contributed by atoms with E-state index >= 15 is 0 Å². The van der Waals surface area contributed by atoms with Gasteiger partial charge in [0.05, 0.1) is 5.56 Å². The van der Waals surface area contributed by atoms with Crippen molar-refractivity contribution in [2.75, 3.05) is 5.73 Å². The molecule has 0 aliphatic carbocycles. The van der Waals surface area contributed by atoms with Gasteiger partial charge in [-0.15, -0.1) is 0 Å². The van der Waals surface area contributed by atoms with Gasteiger partial charge in [0.25, 0.3) is 0 Å². The molecule has 0 spiro atoms. The maximum atomic E-state index is 11.9. The molecule has 3 N–H and O–H groups in total. The highest BCUT2D eigenvalue weighted by Gasteiger charge is 2.12. The van der Waals surface area contributed by atoms with Gasteiger partial charge in [-0.2, -0.15) is 0 Å². The summed E-state index contributed by atoms with van der Waals surface area (Å²) >= 11 is 5.60. The normalized spacial score (nSPS) is 9.95. The molecule has 96 valence electrons. The van der Waals surface area contributed by atoms with Crippen LogP contribution in [0.4, 0.5) is 5.69 Å².